The lowest BCUT2D eigenvalue weighted by Crippen LogP contribution is -2.50. The van der Waals surface area contributed by atoms with Gasteiger partial charge in [-0.15, -0.1) is 5.10 Å². The van der Waals surface area contributed by atoms with Crippen LogP contribution in [0.15, 0.2) is 72.9 Å². The molecule has 4 N–H and O–H groups in total. The topological polar surface area (TPSA) is 131 Å². The number of aliphatic hydroxyl groups is 3. The van der Waals surface area contributed by atoms with Gasteiger partial charge in [-0.3, -0.25) is 0 Å². The molecule has 0 amide bonds. The number of hydrogen-bond donors (Lipinski definition) is 4. The van der Waals surface area contributed by atoms with Crippen LogP contribution in [0.5, 0.6) is 11.5 Å². The predicted octanol–water partition coefficient (Wildman–Crippen LogP) is 2.74. The van der Waals surface area contributed by atoms with E-state index in [0.29, 0.717) is 36.9 Å². The molecule has 3 aromatic carbocycles. The first-order chi connectivity index (χ1) is 19.4. The highest BCUT2D eigenvalue weighted by molar-refractivity contribution is 5.68. The Balaban J connectivity index is 1.20. The van der Waals surface area contributed by atoms with E-state index >= 15 is 0 Å². The zero-order valence-electron chi connectivity index (χ0n) is 22.5. The lowest BCUT2D eigenvalue weighted by Gasteiger charge is -2.34. The number of nitrogens with one attached hydrogen (secondary N) is 1. The third-order valence-corrected chi connectivity index (χ3v) is 7.07. The number of benzene rings is 3. The van der Waals surface area contributed by atoms with Gasteiger partial charge in [-0.1, -0.05) is 59.8 Å². The Morgan fingerprint density at radius 1 is 0.975 bits per heavy atom. The smallest absolute Gasteiger partial charge is 0.180 e. The molecule has 5 rings (SSSR count). The molecule has 10 heteroatoms. The van der Waals surface area contributed by atoms with Crippen molar-refractivity contribution in [3.05, 3.63) is 95.3 Å². The zero-order chi connectivity index (χ0) is 28.1. The maximum atomic E-state index is 10.2. The molecule has 0 bridgehead atoms. The quantitative estimate of drug-likeness (QED) is 0.237. The van der Waals surface area contributed by atoms with Crippen LogP contribution in [0.4, 0.5) is 0 Å². The van der Waals surface area contributed by atoms with Crippen molar-refractivity contribution < 1.29 is 29.5 Å². The molecule has 1 aliphatic rings. The molecule has 0 spiro atoms. The summed E-state index contributed by atoms with van der Waals surface area (Å²) in [6.07, 6.45) is -3.04. The van der Waals surface area contributed by atoms with Gasteiger partial charge in [0.2, 0.25) is 0 Å². The van der Waals surface area contributed by atoms with Gasteiger partial charge in [0.15, 0.2) is 17.7 Å². The van der Waals surface area contributed by atoms with Crippen LogP contribution < -0.4 is 14.8 Å². The molecule has 0 aliphatic carbocycles. The Morgan fingerprint density at radius 3 is 2.60 bits per heavy atom. The first-order valence-corrected chi connectivity index (χ1v) is 13.2. The molecule has 4 atom stereocenters. The summed E-state index contributed by atoms with van der Waals surface area (Å²) in [5.41, 5.74) is 6.27. The van der Waals surface area contributed by atoms with Crippen LogP contribution in [-0.2, 0) is 24.4 Å². The van der Waals surface area contributed by atoms with Crippen LogP contribution in [-0.4, -0.2) is 62.3 Å². The van der Waals surface area contributed by atoms with Crippen molar-refractivity contribution in [3.8, 4) is 22.6 Å². The number of aromatic nitrogens is 3. The van der Waals surface area contributed by atoms with Crippen molar-refractivity contribution in [1.29, 1.82) is 0 Å². The molecule has 0 radical (unpaired) electrons. The van der Waals surface area contributed by atoms with Crippen LogP contribution >= 0.6 is 0 Å². The van der Waals surface area contributed by atoms with Crippen LogP contribution in [0.2, 0.25) is 0 Å². The molecule has 4 aromatic rings. The van der Waals surface area contributed by atoms with Gasteiger partial charge in [0.05, 0.1) is 25.6 Å². The van der Waals surface area contributed by atoms with E-state index in [-0.39, 0.29) is 6.61 Å². The van der Waals surface area contributed by atoms with E-state index in [1.54, 1.807) is 13.3 Å². The largest absolute Gasteiger partial charge is 0.493 e. The van der Waals surface area contributed by atoms with Gasteiger partial charge in [0, 0.05) is 13.1 Å². The lowest BCUT2D eigenvalue weighted by molar-refractivity contribution is -0.214. The van der Waals surface area contributed by atoms with Crippen molar-refractivity contribution in [3.63, 3.8) is 0 Å². The van der Waals surface area contributed by atoms with Crippen LogP contribution in [0, 0.1) is 6.92 Å². The molecule has 0 saturated carbocycles. The molecule has 1 aliphatic heterocycles. The van der Waals surface area contributed by atoms with Gasteiger partial charge in [0.25, 0.3) is 0 Å². The second-order valence-corrected chi connectivity index (χ2v) is 9.80. The summed E-state index contributed by atoms with van der Waals surface area (Å²) < 4.78 is 18.5. The number of nitrogens with zero attached hydrogens (tertiary/aromatic N) is 3. The van der Waals surface area contributed by atoms with E-state index in [0.717, 1.165) is 11.1 Å². The molecule has 40 heavy (non-hydrogen) atoms. The standard InChI is InChI=1S/C30H34N4O6/c1-19-22(9-6-10-24(19)21-7-4-3-5-8-21)17-39-27-13-20(11-12-26(27)38-2)14-31-15-23-16-34(33-32-23)30-29(37)28(36)25(35)18-40-30/h3-13,16,25,28-31,35-37H,14-15,17-18H2,1-2H3/t25-,28+,29+,30+/m1/s1. The highest BCUT2D eigenvalue weighted by atomic mass is 16.5. The van der Waals surface area contributed by atoms with E-state index in [2.05, 4.69) is 46.8 Å². The van der Waals surface area contributed by atoms with Gasteiger partial charge in [0.1, 0.15) is 24.9 Å². The first-order valence-electron chi connectivity index (χ1n) is 13.2. The number of aliphatic hydroxyl groups excluding tert-OH is 3. The summed E-state index contributed by atoms with van der Waals surface area (Å²) >= 11 is 0. The van der Waals surface area contributed by atoms with E-state index < -0.39 is 24.5 Å². The molecule has 2 heterocycles. The Labute approximate surface area is 232 Å². The molecule has 1 saturated heterocycles. The minimum Gasteiger partial charge on any atom is -0.493 e. The van der Waals surface area contributed by atoms with Gasteiger partial charge in [-0.25, -0.2) is 4.68 Å². The minimum atomic E-state index is -1.31. The molecule has 0 unspecified atom stereocenters. The van der Waals surface area contributed by atoms with Crippen LogP contribution in [0.1, 0.15) is 28.6 Å². The van der Waals surface area contributed by atoms with Crippen molar-refractivity contribution in [1.82, 2.24) is 20.3 Å². The first kappa shape index (κ1) is 27.8. The van der Waals surface area contributed by atoms with Gasteiger partial charge in [-0.2, -0.15) is 0 Å². The number of hydrogen-bond acceptors (Lipinski definition) is 9. The van der Waals surface area contributed by atoms with Crippen molar-refractivity contribution in [2.75, 3.05) is 13.7 Å². The van der Waals surface area contributed by atoms with Crippen LogP contribution in [0.25, 0.3) is 11.1 Å². The fraction of sp³-hybridized carbons (Fsp3) is 0.333. The third-order valence-electron chi connectivity index (χ3n) is 7.07. The summed E-state index contributed by atoms with van der Waals surface area (Å²) in [6, 6.07) is 22.4. The highest BCUT2D eigenvalue weighted by Gasteiger charge is 2.39. The Hall–Kier alpha value is -3.80. The van der Waals surface area contributed by atoms with E-state index in [4.69, 9.17) is 14.2 Å². The van der Waals surface area contributed by atoms with Crippen LogP contribution in [0.3, 0.4) is 0 Å². The van der Waals surface area contributed by atoms with Gasteiger partial charge in [-0.05, 0) is 46.9 Å². The van der Waals surface area contributed by atoms with E-state index in [1.165, 1.54) is 21.4 Å². The SMILES string of the molecule is COc1ccc(CNCc2cn([C@H]3OC[C@@H](O)[C@H](O)[C@@H]3O)nn2)cc1OCc1cccc(-c2ccccc2)c1C. The fourth-order valence-electron chi connectivity index (χ4n) is 4.75. The summed E-state index contributed by atoms with van der Waals surface area (Å²) in [5.74, 6) is 1.31. The summed E-state index contributed by atoms with van der Waals surface area (Å²) in [7, 11) is 1.62. The maximum absolute atomic E-state index is 10.2. The van der Waals surface area contributed by atoms with E-state index in [1.807, 2.05) is 42.5 Å². The molecule has 1 aromatic heterocycles. The summed E-state index contributed by atoms with van der Waals surface area (Å²) in [6.45, 7) is 3.38. The molecule has 210 valence electrons. The average molecular weight is 547 g/mol. The zero-order valence-corrected chi connectivity index (χ0v) is 22.5. The second-order valence-electron chi connectivity index (χ2n) is 9.80. The number of rotatable bonds is 10. The monoisotopic (exact) mass is 546 g/mol. The maximum Gasteiger partial charge on any atom is 0.180 e. The average Bonchev–Trinajstić information content (AvgIpc) is 3.44. The summed E-state index contributed by atoms with van der Waals surface area (Å²) in [5, 5.41) is 41.2. The highest BCUT2D eigenvalue weighted by Crippen LogP contribution is 2.31. The Bertz CT molecular complexity index is 1410. The number of ether oxygens (including phenoxy) is 3. The lowest BCUT2D eigenvalue weighted by atomic mass is 9.97. The summed E-state index contributed by atoms with van der Waals surface area (Å²) in [4.78, 5) is 0. The fourth-order valence-corrected chi connectivity index (χ4v) is 4.75. The van der Waals surface area contributed by atoms with Gasteiger partial charge < -0.3 is 34.8 Å². The number of methoxy groups -OCH3 is 1. The minimum absolute atomic E-state index is 0.101. The molecule has 1 fully saturated rings. The van der Waals surface area contributed by atoms with Crippen molar-refractivity contribution in [2.45, 2.75) is 51.2 Å². The van der Waals surface area contributed by atoms with Crippen molar-refractivity contribution in [2.24, 2.45) is 0 Å². The van der Waals surface area contributed by atoms with E-state index in [9.17, 15) is 15.3 Å². The van der Waals surface area contributed by atoms with Gasteiger partial charge >= 0.3 is 0 Å². The Kier molecular flexibility index (Phi) is 8.73. The van der Waals surface area contributed by atoms with Crippen molar-refractivity contribution >= 4 is 0 Å². The normalized spacial score (nSPS) is 20.8. The Morgan fingerprint density at radius 2 is 1.80 bits per heavy atom. The predicted molar refractivity (Wildman–Crippen MR) is 148 cm³/mol. The second kappa shape index (κ2) is 12.6. The molecule has 10 nitrogen and oxygen atoms in total. The molecular weight excluding hydrogens is 512 g/mol. The molecular formula is C30H34N4O6. The third kappa shape index (κ3) is 6.16.